The minimum atomic E-state index is -0.109. The van der Waals surface area contributed by atoms with Gasteiger partial charge < -0.3 is 10.4 Å². The average molecular weight is 242 g/mol. The van der Waals surface area contributed by atoms with Gasteiger partial charge in [0.1, 0.15) is 0 Å². The highest BCUT2D eigenvalue weighted by Crippen LogP contribution is 2.09. The standard InChI is InChI=1S/C12H16ClNO2/c1-9(3-2-8-15)14-12(16)10-4-6-11(13)7-5-10/h4-7,9,15H,2-3,8H2,1H3,(H,14,16). The van der Waals surface area contributed by atoms with Crippen LogP contribution >= 0.6 is 11.6 Å². The van der Waals surface area contributed by atoms with Gasteiger partial charge in [-0.3, -0.25) is 4.79 Å². The molecule has 0 bridgehead atoms. The maximum absolute atomic E-state index is 11.7. The fourth-order valence-electron chi connectivity index (χ4n) is 1.38. The second-order valence-electron chi connectivity index (χ2n) is 3.75. The van der Waals surface area contributed by atoms with E-state index in [0.29, 0.717) is 17.0 Å². The van der Waals surface area contributed by atoms with Crippen molar-refractivity contribution < 1.29 is 9.90 Å². The highest BCUT2D eigenvalue weighted by atomic mass is 35.5. The van der Waals surface area contributed by atoms with Crippen molar-refractivity contribution in [3.8, 4) is 0 Å². The van der Waals surface area contributed by atoms with Gasteiger partial charge in [-0.05, 0) is 44.0 Å². The highest BCUT2D eigenvalue weighted by molar-refractivity contribution is 6.30. The van der Waals surface area contributed by atoms with E-state index in [2.05, 4.69) is 5.32 Å². The molecule has 1 rings (SSSR count). The highest BCUT2D eigenvalue weighted by Gasteiger charge is 2.08. The molecule has 0 fully saturated rings. The zero-order valence-corrected chi connectivity index (χ0v) is 10.00. The summed E-state index contributed by atoms with van der Waals surface area (Å²) in [6, 6.07) is 6.83. The van der Waals surface area contributed by atoms with Crippen molar-refractivity contribution in [1.82, 2.24) is 5.32 Å². The van der Waals surface area contributed by atoms with Crippen LogP contribution in [-0.2, 0) is 0 Å². The van der Waals surface area contributed by atoms with E-state index in [0.717, 1.165) is 6.42 Å². The van der Waals surface area contributed by atoms with Gasteiger partial charge in [-0.25, -0.2) is 0 Å². The van der Waals surface area contributed by atoms with E-state index >= 15 is 0 Å². The Kier molecular flexibility index (Phi) is 5.29. The van der Waals surface area contributed by atoms with Gasteiger partial charge in [0, 0.05) is 23.2 Å². The van der Waals surface area contributed by atoms with Crippen molar-refractivity contribution >= 4 is 17.5 Å². The molecule has 0 aliphatic heterocycles. The summed E-state index contributed by atoms with van der Waals surface area (Å²) in [4.78, 5) is 11.7. The molecule has 0 aliphatic rings. The number of carbonyl (C=O) groups excluding carboxylic acids is 1. The number of hydrogen-bond donors (Lipinski definition) is 2. The van der Waals surface area contributed by atoms with Crippen LogP contribution in [0.1, 0.15) is 30.1 Å². The van der Waals surface area contributed by atoms with Crippen molar-refractivity contribution in [3.63, 3.8) is 0 Å². The lowest BCUT2D eigenvalue weighted by molar-refractivity contribution is 0.0936. The SMILES string of the molecule is CC(CCCO)NC(=O)c1ccc(Cl)cc1. The largest absolute Gasteiger partial charge is 0.396 e. The molecule has 0 heterocycles. The van der Waals surface area contributed by atoms with E-state index in [1.807, 2.05) is 6.92 Å². The maximum atomic E-state index is 11.7. The van der Waals surface area contributed by atoms with Crippen molar-refractivity contribution in [3.05, 3.63) is 34.9 Å². The van der Waals surface area contributed by atoms with E-state index in [4.69, 9.17) is 16.7 Å². The summed E-state index contributed by atoms with van der Waals surface area (Å²) in [5.41, 5.74) is 0.597. The molecule has 1 amide bonds. The van der Waals surface area contributed by atoms with Crippen LogP contribution in [-0.4, -0.2) is 23.7 Å². The summed E-state index contributed by atoms with van der Waals surface area (Å²) in [6.45, 7) is 2.07. The van der Waals surface area contributed by atoms with Crippen LogP contribution in [0.15, 0.2) is 24.3 Å². The first-order valence-electron chi connectivity index (χ1n) is 5.30. The Hall–Kier alpha value is -1.06. The molecular weight excluding hydrogens is 226 g/mol. The number of aliphatic hydroxyl groups excluding tert-OH is 1. The zero-order chi connectivity index (χ0) is 12.0. The number of carbonyl (C=O) groups is 1. The molecular formula is C12H16ClNO2. The topological polar surface area (TPSA) is 49.3 Å². The number of amides is 1. The van der Waals surface area contributed by atoms with Gasteiger partial charge in [0.15, 0.2) is 0 Å². The molecule has 0 aliphatic carbocycles. The van der Waals surface area contributed by atoms with E-state index < -0.39 is 0 Å². The first-order valence-corrected chi connectivity index (χ1v) is 5.68. The molecule has 0 saturated carbocycles. The van der Waals surface area contributed by atoms with Crippen LogP contribution in [0.4, 0.5) is 0 Å². The van der Waals surface area contributed by atoms with E-state index in [9.17, 15) is 4.79 Å². The fraction of sp³-hybridized carbons (Fsp3) is 0.417. The van der Waals surface area contributed by atoms with Crippen LogP contribution in [0.3, 0.4) is 0 Å². The number of hydrogen-bond acceptors (Lipinski definition) is 2. The Morgan fingerprint density at radius 1 is 1.44 bits per heavy atom. The smallest absolute Gasteiger partial charge is 0.251 e. The Morgan fingerprint density at radius 2 is 2.06 bits per heavy atom. The third kappa shape index (κ3) is 4.21. The Bertz CT molecular complexity index is 337. The fourth-order valence-corrected chi connectivity index (χ4v) is 1.50. The summed E-state index contributed by atoms with van der Waals surface area (Å²) in [7, 11) is 0. The Balaban J connectivity index is 2.48. The molecule has 4 heteroatoms. The van der Waals surface area contributed by atoms with Crippen LogP contribution in [0.5, 0.6) is 0 Å². The second-order valence-corrected chi connectivity index (χ2v) is 4.18. The van der Waals surface area contributed by atoms with Gasteiger partial charge in [-0.2, -0.15) is 0 Å². The summed E-state index contributed by atoms with van der Waals surface area (Å²) >= 11 is 5.73. The predicted molar refractivity (Wildman–Crippen MR) is 64.7 cm³/mol. The van der Waals surface area contributed by atoms with Crippen LogP contribution < -0.4 is 5.32 Å². The third-order valence-corrected chi connectivity index (χ3v) is 2.53. The molecule has 0 aromatic heterocycles. The van der Waals surface area contributed by atoms with Gasteiger partial charge in [0.2, 0.25) is 0 Å². The minimum absolute atomic E-state index is 0.0651. The average Bonchev–Trinajstić information content (AvgIpc) is 2.27. The summed E-state index contributed by atoms with van der Waals surface area (Å²) in [5, 5.41) is 12.1. The van der Waals surface area contributed by atoms with Crippen molar-refractivity contribution in [2.24, 2.45) is 0 Å². The van der Waals surface area contributed by atoms with Gasteiger partial charge >= 0.3 is 0 Å². The van der Waals surface area contributed by atoms with Crippen LogP contribution in [0, 0.1) is 0 Å². The number of rotatable bonds is 5. The van der Waals surface area contributed by atoms with Crippen molar-refractivity contribution in [1.29, 1.82) is 0 Å². The Labute approximate surface area is 100 Å². The molecule has 1 unspecified atom stereocenters. The monoisotopic (exact) mass is 241 g/mol. The molecule has 2 N–H and O–H groups in total. The summed E-state index contributed by atoms with van der Waals surface area (Å²) in [6.07, 6.45) is 1.47. The number of nitrogens with one attached hydrogen (secondary N) is 1. The van der Waals surface area contributed by atoms with E-state index in [1.165, 1.54) is 0 Å². The molecule has 88 valence electrons. The van der Waals surface area contributed by atoms with Gasteiger partial charge in [-0.15, -0.1) is 0 Å². The van der Waals surface area contributed by atoms with Gasteiger partial charge in [0.05, 0.1) is 0 Å². The third-order valence-electron chi connectivity index (χ3n) is 2.28. The van der Waals surface area contributed by atoms with Gasteiger partial charge in [-0.1, -0.05) is 11.6 Å². The normalized spacial score (nSPS) is 12.2. The molecule has 3 nitrogen and oxygen atoms in total. The zero-order valence-electron chi connectivity index (χ0n) is 9.24. The molecule has 16 heavy (non-hydrogen) atoms. The quantitative estimate of drug-likeness (QED) is 0.831. The lowest BCUT2D eigenvalue weighted by Crippen LogP contribution is -2.32. The molecule has 1 atom stereocenters. The molecule has 1 aromatic rings. The predicted octanol–water partition coefficient (Wildman–Crippen LogP) is 2.23. The van der Waals surface area contributed by atoms with Crippen molar-refractivity contribution in [2.45, 2.75) is 25.8 Å². The molecule has 1 aromatic carbocycles. The first-order chi connectivity index (χ1) is 7.63. The number of halogens is 1. The number of aliphatic hydroxyl groups is 1. The van der Waals surface area contributed by atoms with E-state index in [-0.39, 0.29) is 18.6 Å². The summed E-state index contributed by atoms with van der Waals surface area (Å²) in [5.74, 6) is -0.109. The minimum Gasteiger partial charge on any atom is -0.396 e. The van der Waals surface area contributed by atoms with Crippen LogP contribution in [0.25, 0.3) is 0 Å². The molecule has 0 spiro atoms. The second kappa shape index (κ2) is 6.51. The van der Waals surface area contributed by atoms with Crippen molar-refractivity contribution in [2.75, 3.05) is 6.61 Å². The van der Waals surface area contributed by atoms with Gasteiger partial charge in [0.25, 0.3) is 5.91 Å². The summed E-state index contributed by atoms with van der Waals surface area (Å²) < 4.78 is 0. The van der Waals surface area contributed by atoms with Crippen LogP contribution in [0.2, 0.25) is 5.02 Å². The lowest BCUT2D eigenvalue weighted by Gasteiger charge is -2.13. The number of benzene rings is 1. The van der Waals surface area contributed by atoms with E-state index in [1.54, 1.807) is 24.3 Å². The lowest BCUT2D eigenvalue weighted by atomic mass is 10.1. The Morgan fingerprint density at radius 3 is 2.62 bits per heavy atom. The maximum Gasteiger partial charge on any atom is 0.251 e. The molecule has 0 saturated heterocycles. The molecule has 0 radical (unpaired) electrons. The first kappa shape index (κ1) is 13.0.